The van der Waals surface area contributed by atoms with Crippen LogP contribution in [-0.4, -0.2) is 44.4 Å². The summed E-state index contributed by atoms with van der Waals surface area (Å²) < 4.78 is 5.40. The van der Waals surface area contributed by atoms with E-state index < -0.39 is 0 Å². The molecule has 1 aliphatic rings. The Morgan fingerprint density at radius 1 is 1.04 bits per heavy atom. The molecule has 4 rings (SSSR count). The molecular weight excluding hydrogens is 306 g/mol. The Kier molecular flexibility index (Phi) is 3.92. The first kappa shape index (κ1) is 14.8. The second kappa shape index (κ2) is 6.37. The van der Waals surface area contributed by atoms with Crippen LogP contribution in [0, 0.1) is 0 Å². The van der Waals surface area contributed by atoms with E-state index in [9.17, 15) is 5.11 Å². The summed E-state index contributed by atoms with van der Waals surface area (Å²) in [6, 6.07) is 7.48. The van der Waals surface area contributed by atoms with E-state index in [1.807, 2.05) is 24.3 Å². The summed E-state index contributed by atoms with van der Waals surface area (Å²) in [5, 5.41) is 13.7. The van der Waals surface area contributed by atoms with Crippen LogP contribution in [0.15, 0.2) is 47.4 Å². The lowest BCUT2D eigenvalue weighted by atomic mass is 10.1. The highest BCUT2D eigenvalue weighted by Crippen LogP contribution is 2.25. The SMILES string of the molecule is OC1CCN(c2cc(-c3nc(-c4ccncc4)no3)ccn2)CC1. The third-order valence-corrected chi connectivity index (χ3v) is 4.15. The van der Waals surface area contributed by atoms with Gasteiger partial charge in [0.05, 0.1) is 6.10 Å². The van der Waals surface area contributed by atoms with Gasteiger partial charge >= 0.3 is 0 Å². The molecule has 7 heteroatoms. The third-order valence-electron chi connectivity index (χ3n) is 4.15. The Bertz CT molecular complexity index is 813. The van der Waals surface area contributed by atoms with Crippen molar-refractivity contribution in [2.75, 3.05) is 18.0 Å². The van der Waals surface area contributed by atoms with Gasteiger partial charge in [0.15, 0.2) is 0 Å². The zero-order valence-electron chi connectivity index (χ0n) is 13.0. The van der Waals surface area contributed by atoms with Gasteiger partial charge in [0.1, 0.15) is 5.82 Å². The molecule has 0 amide bonds. The van der Waals surface area contributed by atoms with Crippen LogP contribution in [0.5, 0.6) is 0 Å². The number of hydrogen-bond acceptors (Lipinski definition) is 7. The third kappa shape index (κ3) is 2.98. The highest BCUT2D eigenvalue weighted by molar-refractivity contribution is 5.62. The monoisotopic (exact) mass is 323 g/mol. The minimum absolute atomic E-state index is 0.205. The van der Waals surface area contributed by atoms with Gasteiger partial charge in [-0.1, -0.05) is 5.16 Å². The largest absolute Gasteiger partial charge is 0.393 e. The van der Waals surface area contributed by atoms with Crippen LogP contribution in [-0.2, 0) is 0 Å². The van der Waals surface area contributed by atoms with Gasteiger partial charge in [-0.3, -0.25) is 4.98 Å². The van der Waals surface area contributed by atoms with Crippen molar-refractivity contribution in [1.29, 1.82) is 0 Å². The standard InChI is InChI=1S/C17H17N5O2/c23-14-4-9-22(10-5-14)15-11-13(3-8-19-15)17-20-16(21-24-17)12-1-6-18-7-2-12/h1-3,6-8,11,14,23H,4-5,9-10H2. The molecule has 122 valence electrons. The van der Waals surface area contributed by atoms with Gasteiger partial charge in [0.2, 0.25) is 5.82 Å². The lowest BCUT2D eigenvalue weighted by Crippen LogP contribution is -2.36. The van der Waals surface area contributed by atoms with Crippen LogP contribution in [0.4, 0.5) is 5.82 Å². The minimum atomic E-state index is -0.205. The first-order valence-electron chi connectivity index (χ1n) is 7.93. The van der Waals surface area contributed by atoms with E-state index in [0.717, 1.165) is 42.9 Å². The van der Waals surface area contributed by atoms with Crippen molar-refractivity contribution >= 4 is 5.82 Å². The number of pyridine rings is 2. The summed E-state index contributed by atoms with van der Waals surface area (Å²) in [5.41, 5.74) is 1.69. The average Bonchev–Trinajstić information content (AvgIpc) is 3.13. The molecule has 7 nitrogen and oxygen atoms in total. The van der Waals surface area contributed by atoms with E-state index in [0.29, 0.717) is 11.7 Å². The van der Waals surface area contributed by atoms with Crippen LogP contribution in [0.3, 0.4) is 0 Å². The second-order valence-corrected chi connectivity index (χ2v) is 5.78. The first-order valence-corrected chi connectivity index (χ1v) is 7.93. The quantitative estimate of drug-likeness (QED) is 0.790. The van der Waals surface area contributed by atoms with Crippen molar-refractivity contribution in [3.8, 4) is 22.8 Å². The molecule has 1 fully saturated rings. The van der Waals surface area contributed by atoms with E-state index >= 15 is 0 Å². The normalized spacial score (nSPS) is 15.6. The molecule has 1 N–H and O–H groups in total. The van der Waals surface area contributed by atoms with Crippen LogP contribution < -0.4 is 4.90 Å². The highest BCUT2D eigenvalue weighted by atomic mass is 16.5. The van der Waals surface area contributed by atoms with Crippen LogP contribution in [0.2, 0.25) is 0 Å². The maximum atomic E-state index is 9.63. The Morgan fingerprint density at radius 3 is 2.58 bits per heavy atom. The van der Waals surface area contributed by atoms with E-state index in [4.69, 9.17) is 4.52 Å². The Morgan fingerprint density at radius 2 is 1.79 bits per heavy atom. The lowest BCUT2D eigenvalue weighted by molar-refractivity contribution is 0.145. The maximum Gasteiger partial charge on any atom is 0.258 e. The van der Waals surface area contributed by atoms with Crippen molar-refractivity contribution in [2.24, 2.45) is 0 Å². The van der Waals surface area contributed by atoms with Crippen LogP contribution >= 0.6 is 0 Å². The minimum Gasteiger partial charge on any atom is -0.393 e. The highest BCUT2D eigenvalue weighted by Gasteiger charge is 2.19. The van der Waals surface area contributed by atoms with Gasteiger partial charge in [0, 0.05) is 42.8 Å². The fraction of sp³-hybridized carbons (Fsp3) is 0.294. The average molecular weight is 323 g/mol. The number of aliphatic hydroxyl groups excluding tert-OH is 1. The lowest BCUT2D eigenvalue weighted by Gasteiger charge is -2.30. The van der Waals surface area contributed by atoms with Crippen molar-refractivity contribution in [3.63, 3.8) is 0 Å². The fourth-order valence-electron chi connectivity index (χ4n) is 2.78. The Hall–Kier alpha value is -2.80. The van der Waals surface area contributed by atoms with Crippen molar-refractivity contribution in [2.45, 2.75) is 18.9 Å². The van der Waals surface area contributed by atoms with Gasteiger partial charge in [0.25, 0.3) is 5.89 Å². The smallest absolute Gasteiger partial charge is 0.258 e. The fourth-order valence-corrected chi connectivity index (χ4v) is 2.78. The summed E-state index contributed by atoms with van der Waals surface area (Å²) in [5.74, 6) is 1.86. The summed E-state index contributed by atoms with van der Waals surface area (Å²) in [6.07, 6.45) is 6.45. The zero-order valence-corrected chi connectivity index (χ0v) is 13.0. The number of anilines is 1. The number of nitrogens with zero attached hydrogens (tertiary/aromatic N) is 5. The summed E-state index contributed by atoms with van der Waals surface area (Å²) in [4.78, 5) is 15.0. The molecule has 0 bridgehead atoms. The molecule has 24 heavy (non-hydrogen) atoms. The Labute approximate surface area is 139 Å². The molecule has 0 radical (unpaired) electrons. The molecular formula is C17H17N5O2. The topological polar surface area (TPSA) is 88.2 Å². The summed E-state index contributed by atoms with van der Waals surface area (Å²) in [6.45, 7) is 1.59. The maximum absolute atomic E-state index is 9.63. The van der Waals surface area contributed by atoms with Crippen molar-refractivity contribution in [3.05, 3.63) is 42.9 Å². The molecule has 3 aromatic heterocycles. The molecule has 0 unspecified atom stereocenters. The van der Waals surface area contributed by atoms with E-state index in [1.54, 1.807) is 18.6 Å². The van der Waals surface area contributed by atoms with Crippen LogP contribution in [0.1, 0.15) is 12.8 Å². The molecule has 1 saturated heterocycles. The number of aliphatic hydroxyl groups is 1. The number of piperidine rings is 1. The number of aromatic nitrogens is 4. The summed E-state index contributed by atoms with van der Waals surface area (Å²) >= 11 is 0. The van der Waals surface area contributed by atoms with Crippen LogP contribution in [0.25, 0.3) is 22.8 Å². The number of rotatable bonds is 3. The van der Waals surface area contributed by atoms with E-state index in [2.05, 4.69) is 25.0 Å². The molecule has 0 spiro atoms. The van der Waals surface area contributed by atoms with Crippen molar-refractivity contribution in [1.82, 2.24) is 20.1 Å². The van der Waals surface area contributed by atoms with Gasteiger partial charge in [-0.05, 0) is 37.1 Å². The van der Waals surface area contributed by atoms with E-state index in [-0.39, 0.29) is 6.10 Å². The molecule has 0 aromatic carbocycles. The predicted octanol–water partition coefficient (Wildman–Crippen LogP) is 2.15. The zero-order chi connectivity index (χ0) is 16.4. The van der Waals surface area contributed by atoms with Gasteiger partial charge in [-0.15, -0.1) is 0 Å². The second-order valence-electron chi connectivity index (χ2n) is 5.78. The number of hydrogen-bond donors (Lipinski definition) is 1. The van der Waals surface area contributed by atoms with Gasteiger partial charge in [-0.25, -0.2) is 4.98 Å². The molecule has 1 aliphatic heterocycles. The predicted molar refractivity (Wildman–Crippen MR) is 88.2 cm³/mol. The summed E-state index contributed by atoms with van der Waals surface area (Å²) in [7, 11) is 0. The molecule has 3 aromatic rings. The molecule has 4 heterocycles. The van der Waals surface area contributed by atoms with Gasteiger partial charge in [-0.2, -0.15) is 4.98 Å². The van der Waals surface area contributed by atoms with E-state index in [1.165, 1.54) is 0 Å². The Balaban J connectivity index is 1.59. The molecule has 0 atom stereocenters. The molecule has 0 aliphatic carbocycles. The first-order chi connectivity index (χ1) is 11.8. The molecule has 0 saturated carbocycles. The van der Waals surface area contributed by atoms with Crippen molar-refractivity contribution < 1.29 is 9.63 Å². The van der Waals surface area contributed by atoms with Gasteiger partial charge < -0.3 is 14.5 Å².